The summed E-state index contributed by atoms with van der Waals surface area (Å²) in [5, 5.41) is 3.98. The summed E-state index contributed by atoms with van der Waals surface area (Å²) in [5.74, 6) is 1.56. The molecule has 1 saturated carbocycles. The Morgan fingerprint density at radius 2 is 2.19 bits per heavy atom. The van der Waals surface area contributed by atoms with E-state index >= 15 is 0 Å². The molecule has 0 saturated heterocycles. The van der Waals surface area contributed by atoms with Gasteiger partial charge in [0.15, 0.2) is 0 Å². The molecule has 88 valence electrons. The second kappa shape index (κ2) is 4.21. The van der Waals surface area contributed by atoms with Gasteiger partial charge in [0, 0.05) is 12.1 Å². The summed E-state index contributed by atoms with van der Waals surface area (Å²) in [6.45, 7) is 6.46. The number of aromatic nitrogens is 2. The average molecular weight is 240 g/mol. The molecule has 1 N–H and O–H groups in total. The predicted molar refractivity (Wildman–Crippen MR) is 66.8 cm³/mol. The van der Waals surface area contributed by atoms with Crippen molar-refractivity contribution in [3.63, 3.8) is 0 Å². The predicted octanol–water partition coefficient (Wildman–Crippen LogP) is 3.43. The standard InChI is InChI=1S/C12H18ClN3/c1-8-14-10(13)7-11(15-8)16-9-5-4-6-12(9,2)3/h7,9H,4-6H2,1-3H3,(H,14,15,16). The Labute approximate surface area is 102 Å². The molecule has 0 radical (unpaired) electrons. The highest BCUT2D eigenvalue weighted by atomic mass is 35.5. The van der Waals surface area contributed by atoms with E-state index in [1.54, 1.807) is 6.07 Å². The molecule has 1 aliphatic carbocycles. The minimum absolute atomic E-state index is 0.339. The van der Waals surface area contributed by atoms with E-state index in [-0.39, 0.29) is 0 Å². The van der Waals surface area contributed by atoms with Crippen LogP contribution in [-0.4, -0.2) is 16.0 Å². The number of hydrogen-bond donors (Lipinski definition) is 1. The van der Waals surface area contributed by atoms with Gasteiger partial charge >= 0.3 is 0 Å². The van der Waals surface area contributed by atoms with Crippen molar-refractivity contribution in [1.82, 2.24) is 9.97 Å². The van der Waals surface area contributed by atoms with Crippen molar-refractivity contribution in [2.45, 2.75) is 46.1 Å². The fourth-order valence-electron chi connectivity index (χ4n) is 2.38. The van der Waals surface area contributed by atoms with E-state index in [4.69, 9.17) is 11.6 Å². The van der Waals surface area contributed by atoms with E-state index in [9.17, 15) is 0 Å². The van der Waals surface area contributed by atoms with Crippen molar-refractivity contribution in [1.29, 1.82) is 0 Å². The summed E-state index contributed by atoms with van der Waals surface area (Å²) in [7, 11) is 0. The first-order chi connectivity index (χ1) is 7.47. The van der Waals surface area contributed by atoms with Gasteiger partial charge in [-0.1, -0.05) is 31.9 Å². The largest absolute Gasteiger partial charge is 0.367 e. The summed E-state index contributed by atoms with van der Waals surface area (Å²) in [4.78, 5) is 8.42. The number of anilines is 1. The number of nitrogens with one attached hydrogen (secondary N) is 1. The second-order valence-electron chi connectivity index (χ2n) is 5.20. The van der Waals surface area contributed by atoms with Gasteiger partial charge in [-0.2, -0.15) is 0 Å². The summed E-state index contributed by atoms with van der Waals surface area (Å²) in [5.41, 5.74) is 0.339. The molecule has 4 heteroatoms. The molecule has 0 aromatic carbocycles. The van der Waals surface area contributed by atoms with E-state index in [1.807, 2.05) is 6.92 Å². The highest BCUT2D eigenvalue weighted by Crippen LogP contribution is 2.38. The number of rotatable bonds is 2. The zero-order valence-corrected chi connectivity index (χ0v) is 10.8. The van der Waals surface area contributed by atoms with Crippen molar-refractivity contribution in [3.05, 3.63) is 17.0 Å². The van der Waals surface area contributed by atoms with Crippen LogP contribution in [0.3, 0.4) is 0 Å². The van der Waals surface area contributed by atoms with Crippen LogP contribution in [0.4, 0.5) is 5.82 Å². The highest BCUT2D eigenvalue weighted by Gasteiger charge is 2.34. The zero-order valence-electron chi connectivity index (χ0n) is 10.0. The molecule has 0 aliphatic heterocycles. The molecular weight excluding hydrogens is 222 g/mol. The Hall–Kier alpha value is -0.830. The van der Waals surface area contributed by atoms with Gasteiger partial charge in [0.05, 0.1) is 0 Å². The summed E-state index contributed by atoms with van der Waals surface area (Å²) in [6, 6.07) is 2.28. The van der Waals surface area contributed by atoms with Crippen molar-refractivity contribution in [2.24, 2.45) is 5.41 Å². The molecule has 1 heterocycles. The SMILES string of the molecule is Cc1nc(Cl)cc(NC2CCCC2(C)C)n1. The topological polar surface area (TPSA) is 37.8 Å². The molecule has 1 atom stereocenters. The Morgan fingerprint density at radius 1 is 1.44 bits per heavy atom. The second-order valence-corrected chi connectivity index (χ2v) is 5.59. The lowest BCUT2D eigenvalue weighted by Gasteiger charge is -2.28. The molecule has 16 heavy (non-hydrogen) atoms. The molecular formula is C12H18ClN3. The van der Waals surface area contributed by atoms with Crippen LogP contribution in [0.1, 0.15) is 38.9 Å². The van der Waals surface area contributed by atoms with E-state index in [0.29, 0.717) is 22.4 Å². The fraction of sp³-hybridized carbons (Fsp3) is 0.667. The van der Waals surface area contributed by atoms with Crippen molar-refractivity contribution < 1.29 is 0 Å². The molecule has 2 rings (SSSR count). The lowest BCUT2D eigenvalue weighted by molar-refractivity contribution is 0.349. The minimum atomic E-state index is 0.339. The van der Waals surface area contributed by atoms with Gasteiger partial charge in [0.1, 0.15) is 16.8 Å². The van der Waals surface area contributed by atoms with Crippen LogP contribution in [0.25, 0.3) is 0 Å². The molecule has 0 bridgehead atoms. The minimum Gasteiger partial charge on any atom is -0.367 e. The smallest absolute Gasteiger partial charge is 0.134 e. The van der Waals surface area contributed by atoms with Gasteiger partial charge in [-0.3, -0.25) is 0 Å². The van der Waals surface area contributed by atoms with Crippen LogP contribution < -0.4 is 5.32 Å². The number of nitrogens with zero attached hydrogens (tertiary/aromatic N) is 2. The van der Waals surface area contributed by atoms with Gasteiger partial charge in [0.2, 0.25) is 0 Å². The molecule has 3 nitrogen and oxygen atoms in total. The average Bonchev–Trinajstić information content (AvgIpc) is 2.44. The van der Waals surface area contributed by atoms with E-state index in [0.717, 1.165) is 5.82 Å². The summed E-state index contributed by atoms with van der Waals surface area (Å²) >= 11 is 5.92. The van der Waals surface area contributed by atoms with Gasteiger partial charge in [-0.05, 0) is 25.2 Å². The van der Waals surface area contributed by atoms with Gasteiger partial charge < -0.3 is 5.32 Å². The maximum atomic E-state index is 5.92. The van der Waals surface area contributed by atoms with Crippen LogP contribution in [0.15, 0.2) is 6.07 Å². The van der Waals surface area contributed by atoms with Crippen LogP contribution in [0, 0.1) is 12.3 Å². The molecule has 1 unspecified atom stereocenters. The highest BCUT2D eigenvalue weighted by molar-refractivity contribution is 6.29. The van der Waals surface area contributed by atoms with Gasteiger partial charge in [-0.15, -0.1) is 0 Å². The van der Waals surface area contributed by atoms with Gasteiger partial charge in [-0.25, -0.2) is 9.97 Å². The van der Waals surface area contributed by atoms with E-state index in [2.05, 4.69) is 29.1 Å². The summed E-state index contributed by atoms with van der Waals surface area (Å²) < 4.78 is 0. The number of halogens is 1. The first-order valence-electron chi connectivity index (χ1n) is 5.75. The number of hydrogen-bond acceptors (Lipinski definition) is 3. The Morgan fingerprint density at radius 3 is 2.75 bits per heavy atom. The molecule has 1 aromatic rings. The van der Waals surface area contributed by atoms with Crippen LogP contribution in [0.5, 0.6) is 0 Å². The Balaban J connectivity index is 2.14. The van der Waals surface area contributed by atoms with Crippen LogP contribution >= 0.6 is 11.6 Å². The quantitative estimate of drug-likeness (QED) is 0.804. The molecule has 1 aromatic heterocycles. The Kier molecular flexibility index (Phi) is 3.06. The molecule has 1 fully saturated rings. The third-order valence-electron chi connectivity index (χ3n) is 3.39. The number of aryl methyl sites for hydroxylation is 1. The third-order valence-corrected chi connectivity index (χ3v) is 3.58. The maximum absolute atomic E-state index is 5.92. The van der Waals surface area contributed by atoms with Crippen molar-refractivity contribution in [2.75, 3.05) is 5.32 Å². The summed E-state index contributed by atoms with van der Waals surface area (Å²) in [6.07, 6.45) is 3.75. The van der Waals surface area contributed by atoms with Crippen molar-refractivity contribution in [3.8, 4) is 0 Å². The first kappa shape index (κ1) is 11.6. The van der Waals surface area contributed by atoms with Crippen LogP contribution in [-0.2, 0) is 0 Å². The Bertz CT molecular complexity index is 370. The fourth-order valence-corrected chi connectivity index (χ4v) is 2.60. The first-order valence-corrected chi connectivity index (χ1v) is 6.13. The zero-order chi connectivity index (χ0) is 11.8. The molecule has 1 aliphatic rings. The lowest BCUT2D eigenvalue weighted by atomic mass is 9.87. The monoisotopic (exact) mass is 239 g/mol. The van der Waals surface area contributed by atoms with E-state index in [1.165, 1.54) is 19.3 Å². The van der Waals surface area contributed by atoms with E-state index < -0.39 is 0 Å². The molecule has 0 amide bonds. The van der Waals surface area contributed by atoms with Gasteiger partial charge in [0.25, 0.3) is 0 Å². The van der Waals surface area contributed by atoms with Crippen LogP contribution in [0.2, 0.25) is 5.15 Å². The van der Waals surface area contributed by atoms with Crippen molar-refractivity contribution >= 4 is 17.4 Å². The lowest BCUT2D eigenvalue weighted by Crippen LogP contribution is -2.31. The molecule has 0 spiro atoms. The maximum Gasteiger partial charge on any atom is 0.134 e. The third kappa shape index (κ3) is 2.46. The normalized spacial score (nSPS) is 23.4.